The Kier molecular flexibility index (Phi) is 6.75. The quantitative estimate of drug-likeness (QED) is 0.798. The van der Waals surface area contributed by atoms with E-state index in [0.29, 0.717) is 19.4 Å². The number of nitrogens with one attached hydrogen (secondary N) is 1. The van der Waals surface area contributed by atoms with Crippen LogP contribution >= 0.6 is 12.4 Å². The Morgan fingerprint density at radius 3 is 2.76 bits per heavy atom. The first kappa shape index (κ1) is 17.0. The number of anilines is 1. The summed E-state index contributed by atoms with van der Waals surface area (Å²) in [7, 11) is 1.88. The summed E-state index contributed by atoms with van der Waals surface area (Å²) >= 11 is 0. The molecular weight excluding hydrogens is 288 g/mol. The van der Waals surface area contributed by atoms with E-state index in [0.717, 1.165) is 23.2 Å². The number of nitrogen functional groups attached to an aromatic ring is 1. The maximum atomic E-state index is 11.8. The fourth-order valence-electron chi connectivity index (χ4n) is 2.05. The molecule has 0 radical (unpaired) electrons. The number of carbonyl (C=O) groups is 1. The summed E-state index contributed by atoms with van der Waals surface area (Å²) in [4.78, 5) is 11.8. The van der Waals surface area contributed by atoms with E-state index in [1.54, 1.807) is 4.68 Å². The van der Waals surface area contributed by atoms with E-state index in [-0.39, 0.29) is 18.3 Å². The summed E-state index contributed by atoms with van der Waals surface area (Å²) in [5.74, 6) is 0.0529. The molecule has 2 rings (SSSR count). The van der Waals surface area contributed by atoms with Gasteiger partial charge in [0, 0.05) is 31.9 Å². The summed E-state index contributed by atoms with van der Waals surface area (Å²) < 4.78 is 1.76. The third kappa shape index (κ3) is 5.47. The molecule has 0 aliphatic heterocycles. The third-order valence-electron chi connectivity index (χ3n) is 3.17. The topological polar surface area (TPSA) is 72.9 Å². The van der Waals surface area contributed by atoms with E-state index < -0.39 is 0 Å². The van der Waals surface area contributed by atoms with Crippen LogP contribution in [-0.2, 0) is 24.7 Å². The number of halogens is 1. The number of para-hydroxylation sites is 1. The average molecular weight is 309 g/mol. The first-order valence-electron chi connectivity index (χ1n) is 6.73. The van der Waals surface area contributed by atoms with Gasteiger partial charge in [0.05, 0.1) is 6.20 Å². The summed E-state index contributed by atoms with van der Waals surface area (Å²) in [6, 6.07) is 7.65. The van der Waals surface area contributed by atoms with Gasteiger partial charge in [-0.25, -0.2) is 0 Å². The maximum absolute atomic E-state index is 11.8. The number of nitrogens with zero attached hydrogens (tertiary/aromatic N) is 2. The molecule has 114 valence electrons. The first-order valence-corrected chi connectivity index (χ1v) is 6.73. The number of rotatable bonds is 6. The van der Waals surface area contributed by atoms with Crippen LogP contribution in [0.4, 0.5) is 5.69 Å². The first-order chi connectivity index (χ1) is 9.65. The minimum absolute atomic E-state index is 0. The van der Waals surface area contributed by atoms with Crippen molar-refractivity contribution < 1.29 is 4.79 Å². The Bertz CT molecular complexity index is 583. The number of aromatic nitrogens is 2. The van der Waals surface area contributed by atoms with Gasteiger partial charge in [-0.3, -0.25) is 9.48 Å². The van der Waals surface area contributed by atoms with Crippen LogP contribution in [0.2, 0.25) is 0 Å². The van der Waals surface area contributed by atoms with Gasteiger partial charge in [0.25, 0.3) is 0 Å². The van der Waals surface area contributed by atoms with Crippen molar-refractivity contribution in [1.29, 1.82) is 0 Å². The van der Waals surface area contributed by atoms with Gasteiger partial charge in [0.15, 0.2) is 0 Å². The second-order valence-corrected chi connectivity index (χ2v) is 4.82. The molecule has 1 amide bonds. The number of carbonyl (C=O) groups excluding carboxylic acids is 1. The summed E-state index contributed by atoms with van der Waals surface area (Å²) in [6.07, 6.45) is 5.70. The smallest absolute Gasteiger partial charge is 0.220 e. The van der Waals surface area contributed by atoms with Crippen LogP contribution in [0.15, 0.2) is 36.7 Å². The van der Waals surface area contributed by atoms with Gasteiger partial charge in [-0.15, -0.1) is 12.4 Å². The number of benzene rings is 1. The summed E-state index contributed by atoms with van der Waals surface area (Å²) in [6.45, 7) is 0.634. The molecular formula is C15H21ClN4O. The van der Waals surface area contributed by atoms with Gasteiger partial charge in [0.1, 0.15) is 0 Å². The lowest BCUT2D eigenvalue weighted by Gasteiger charge is -2.06. The van der Waals surface area contributed by atoms with Crippen molar-refractivity contribution in [3.05, 3.63) is 47.8 Å². The van der Waals surface area contributed by atoms with Gasteiger partial charge in [-0.2, -0.15) is 5.10 Å². The van der Waals surface area contributed by atoms with Crippen LogP contribution in [0.25, 0.3) is 0 Å². The molecule has 0 atom stereocenters. The van der Waals surface area contributed by atoms with Gasteiger partial charge in [-0.05, 0) is 30.0 Å². The van der Waals surface area contributed by atoms with Crippen molar-refractivity contribution in [2.45, 2.75) is 19.3 Å². The molecule has 0 aliphatic carbocycles. The van der Waals surface area contributed by atoms with Crippen LogP contribution in [0.5, 0.6) is 0 Å². The monoisotopic (exact) mass is 308 g/mol. The normalized spacial score (nSPS) is 9.95. The second-order valence-electron chi connectivity index (χ2n) is 4.82. The maximum Gasteiger partial charge on any atom is 0.220 e. The molecule has 1 aromatic heterocycles. The van der Waals surface area contributed by atoms with Crippen LogP contribution in [-0.4, -0.2) is 22.2 Å². The van der Waals surface area contributed by atoms with Crippen molar-refractivity contribution >= 4 is 24.0 Å². The van der Waals surface area contributed by atoms with E-state index in [1.165, 1.54) is 0 Å². The number of hydrogen-bond acceptors (Lipinski definition) is 3. The summed E-state index contributed by atoms with van der Waals surface area (Å²) in [5.41, 5.74) is 8.74. The van der Waals surface area contributed by atoms with Crippen LogP contribution in [0.1, 0.15) is 17.5 Å². The predicted molar refractivity (Wildman–Crippen MR) is 86.3 cm³/mol. The molecule has 0 bridgehead atoms. The van der Waals surface area contributed by atoms with Crippen LogP contribution in [0, 0.1) is 0 Å². The Morgan fingerprint density at radius 1 is 1.33 bits per heavy atom. The Balaban J connectivity index is 0.00000220. The largest absolute Gasteiger partial charge is 0.399 e. The summed E-state index contributed by atoms with van der Waals surface area (Å²) in [5, 5.41) is 7.00. The number of nitrogens with two attached hydrogens (primary N) is 1. The Morgan fingerprint density at radius 2 is 2.10 bits per heavy atom. The number of hydrogen-bond donors (Lipinski definition) is 2. The Hall–Kier alpha value is -2.01. The lowest BCUT2D eigenvalue weighted by atomic mass is 10.1. The highest BCUT2D eigenvalue weighted by Crippen LogP contribution is 2.12. The standard InChI is InChI=1S/C15H20N4O.ClH/c1-19-11-12(10-18-19)8-9-17-15(20)7-6-13-4-2-3-5-14(13)16;/h2-5,10-11H,6-9,16H2,1H3,(H,17,20);1H. The fraction of sp³-hybridized carbons (Fsp3) is 0.333. The molecule has 0 fully saturated rings. The van der Waals surface area contributed by atoms with Crippen LogP contribution in [0.3, 0.4) is 0 Å². The molecule has 5 nitrogen and oxygen atoms in total. The molecule has 1 aromatic carbocycles. The molecule has 3 N–H and O–H groups in total. The zero-order valence-corrected chi connectivity index (χ0v) is 12.9. The van der Waals surface area contributed by atoms with E-state index in [9.17, 15) is 4.79 Å². The van der Waals surface area contributed by atoms with Gasteiger partial charge >= 0.3 is 0 Å². The van der Waals surface area contributed by atoms with Crippen LogP contribution < -0.4 is 11.1 Å². The van der Waals surface area contributed by atoms with E-state index in [2.05, 4.69) is 10.4 Å². The SMILES string of the molecule is Cl.Cn1cc(CCNC(=O)CCc2ccccc2N)cn1. The lowest BCUT2D eigenvalue weighted by Crippen LogP contribution is -2.25. The highest BCUT2D eigenvalue weighted by molar-refractivity contribution is 5.85. The zero-order valence-electron chi connectivity index (χ0n) is 12.1. The van der Waals surface area contributed by atoms with Gasteiger partial charge in [0.2, 0.25) is 5.91 Å². The fourth-order valence-corrected chi connectivity index (χ4v) is 2.05. The minimum atomic E-state index is 0. The van der Waals surface area contributed by atoms with E-state index >= 15 is 0 Å². The van der Waals surface area contributed by atoms with Gasteiger partial charge in [-0.1, -0.05) is 18.2 Å². The second kappa shape index (κ2) is 8.32. The van der Waals surface area contributed by atoms with E-state index in [1.807, 2.05) is 43.7 Å². The molecule has 21 heavy (non-hydrogen) atoms. The third-order valence-corrected chi connectivity index (χ3v) is 3.17. The molecule has 0 unspecified atom stereocenters. The molecule has 0 saturated carbocycles. The molecule has 0 spiro atoms. The number of aryl methyl sites for hydroxylation is 2. The van der Waals surface area contributed by atoms with Crippen molar-refractivity contribution in [2.75, 3.05) is 12.3 Å². The number of amides is 1. The lowest BCUT2D eigenvalue weighted by molar-refractivity contribution is -0.121. The van der Waals surface area contributed by atoms with Gasteiger partial charge < -0.3 is 11.1 Å². The zero-order chi connectivity index (χ0) is 14.4. The molecule has 0 saturated heterocycles. The molecule has 0 aliphatic rings. The van der Waals surface area contributed by atoms with Crippen molar-refractivity contribution in [1.82, 2.24) is 15.1 Å². The van der Waals surface area contributed by atoms with Crippen molar-refractivity contribution in [3.8, 4) is 0 Å². The molecule has 1 heterocycles. The minimum Gasteiger partial charge on any atom is -0.399 e. The van der Waals surface area contributed by atoms with Crippen molar-refractivity contribution in [3.63, 3.8) is 0 Å². The molecule has 2 aromatic rings. The van der Waals surface area contributed by atoms with E-state index in [4.69, 9.17) is 5.73 Å². The predicted octanol–water partition coefficient (Wildman–Crippen LogP) is 1.72. The Labute approximate surface area is 130 Å². The van der Waals surface area contributed by atoms with Crippen molar-refractivity contribution in [2.24, 2.45) is 7.05 Å². The average Bonchev–Trinajstić information content (AvgIpc) is 2.83. The molecule has 6 heteroatoms. The highest BCUT2D eigenvalue weighted by Gasteiger charge is 2.04. The highest BCUT2D eigenvalue weighted by atomic mass is 35.5.